The van der Waals surface area contributed by atoms with E-state index in [0.29, 0.717) is 30.3 Å². The van der Waals surface area contributed by atoms with Gasteiger partial charge in [0.1, 0.15) is 5.69 Å². The summed E-state index contributed by atoms with van der Waals surface area (Å²) >= 11 is 0. The van der Waals surface area contributed by atoms with E-state index >= 15 is 0 Å². The summed E-state index contributed by atoms with van der Waals surface area (Å²) in [4.78, 5) is 16.6. The molecule has 4 rings (SSSR count). The minimum absolute atomic E-state index is 0.105. The third-order valence-electron chi connectivity index (χ3n) is 4.57. The van der Waals surface area contributed by atoms with Crippen molar-refractivity contribution < 1.29 is 14.3 Å². The van der Waals surface area contributed by atoms with Crippen LogP contribution in [-0.4, -0.2) is 36.2 Å². The first-order valence-electron chi connectivity index (χ1n) is 8.63. The van der Waals surface area contributed by atoms with Crippen LogP contribution in [0.3, 0.4) is 0 Å². The molecule has 3 atom stereocenters. The SMILES string of the molecule is CCOc1cccc(C(=O)Nc2ccc([C@@H]3O[C@H]4CN[C@@H]3C4)cc2)n1. The van der Waals surface area contributed by atoms with Crippen LogP contribution in [0, 0.1) is 0 Å². The summed E-state index contributed by atoms with van der Waals surface area (Å²) in [6.45, 7) is 3.34. The van der Waals surface area contributed by atoms with Crippen molar-refractivity contribution >= 4 is 11.6 Å². The standard InChI is InChI=1S/C19H21N3O3/c1-2-24-17-5-3-4-15(22-17)19(23)21-13-8-6-12(7-9-13)18-16-10-14(25-18)11-20-16/h3-9,14,16,18,20H,2,10-11H2,1H3,(H,21,23)/t14-,16-,18+/m1/s1. The van der Waals surface area contributed by atoms with Crippen LogP contribution in [-0.2, 0) is 4.74 Å². The number of hydrogen-bond acceptors (Lipinski definition) is 5. The Kier molecular flexibility index (Phi) is 4.38. The molecule has 2 N–H and O–H groups in total. The highest BCUT2D eigenvalue weighted by Crippen LogP contribution is 2.37. The van der Waals surface area contributed by atoms with Crippen LogP contribution >= 0.6 is 0 Å². The highest BCUT2D eigenvalue weighted by Gasteiger charge is 2.41. The van der Waals surface area contributed by atoms with Crippen molar-refractivity contribution in [3.63, 3.8) is 0 Å². The number of amides is 1. The minimum Gasteiger partial charge on any atom is -0.478 e. The molecule has 3 heterocycles. The molecule has 1 aromatic heterocycles. The molecular weight excluding hydrogens is 318 g/mol. The van der Waals surface area contributed by atoms with Crippen LogP contribution in [0.25, 0.3) is 0 Å². The monoisotopic (exact) mass is 339 g/mol. The fraction of sp³-hybridized carbons (Fsp3) is 0.368. The molecule has 2 bridgehead atoms. The summed E-state index contributed by atoms with van der Waals surface area (Å²) in [5.74, 6) is 0.193. The zero-order chi connectivity index (χ0) is 17.2. The number of nitrogens with zero attached hydrogens (tertiary/aromatic N) is 1. The Morgan fingerprint density at radius 1 is 1.32 bits per heavy atom. The zero-order valence-corrected chi connectivity index (χ0v) is 14.1. The molecule has 6 heteroatoms. The molecule has 0 saturated carbocycles. The Bertz CT molecular complexity index is 763. The van der Waals surface area contributed by atoms with Crippen molar-refractivity contribution in [3.8, 4) is 5.88 Å². The quantitative estimate of drug-likeness (QED) is 0.876. The number of anilines is 1. The average Bonchev–Trinajstić information content (AvgIpc) is 3.26. The highest BCUT2D eigenvalue weighted by molar-refractivity contribution is 6.02. The second-order valence-corrected chi connectivity index (χ2v) is 6.30. The number of fused-ring (bicyclic) bond motifs is 2. The Balaban J connectivity index is 1.42. The van der Waals surface area contributed by atoms with E-state index in [1.807, 2.05) is 31.2 Å². The Hall–Kier alpha value is -2.44. The van der Waals surface area contributed by atoms with E-state index in [2.05, 4.69) is 15.6 Å². The second kappa shape index (κ2) is 6.82. The second-order valence-electron chi connectivity index (χ2n) is 6.30. The third kappa shape index (κ3) is 3.36. The molecule has 2 aliphatic heterocycles. The van der Waals surface area contributed by atoms with Gasteiger partial charge in [-0.3, -0.25) is 4.79 Å². The molecule has 130 valence electrons. The van der Waals surface area contributed by atoms with Gasteiger partial charge >= 0.3 is 0 Å². The fourth-order valence-corrected chi connectivity index (χ4v) is 3.40. The highest BCUT2D eigenvalue weighted by atomic mass is 16.5. The molecular formula is C19H21N3O3. The lowest BCUT2D eigenvalue weighted by Gasteiger charge is -2.23. The zero-order valence-electron chi connectivity index (χ0n) is 14.1. The number of rotatable bonds is 5. The van der Waals surface area contributed by atoms with Crippen molar-refractivity contribution in [2.75, 3.05) is 18.5 Å². The van der Waals surface area contributed by atoms with E-state index in [-0.39, 0.29) is 12.0 Å². The Morgan fingerprint density at radius 2 is 2.16 bits per heavy atom. The van der Waals surface area contributed by atoms with Crippen molar-refractivity contribution in [2.45, 2.75) is 31.6 Å². The van der Waals surface area contributed by atoms with Crippen LogP contribution < -0.4 is 15.4 Å². The Morgan fingerprint density at radius 3 is 2.84 bits per heavy atom. The number of hydrogen-bond donors (Lipinski definition) is 2. The minimum atomic E-state index is -0.257. The van der Waals surface area contributed by atoms with Gasteiger partial charge in [0.15, 0.2) is 0 Å². The molecule has 6 nitrogen and oxygen atoms in total. The predicted molar refractivity (Wildman–Crippen MR) is 93.8 cm³/mol. The maximum Gasteiger partial charge on any atom is 0.274 e. The summed E-state index contributed by atoms with van der Waals surface area (Å²) in [6.07, 6.45) is 1.51. The van der Waals surface area contributed by atoms with Gasteiger partial charge in [0, 0.05) is 24.3 Å². The van der Waals surface area contributed by atoms with E-state index in [1.165, 1.54) is 0 Å². The van der Waals surface area contributed by atoms with Crippen LogP contribution in [0.4, 0.5) is 5.69 Å². The van der Waals surface area contributed by atoms with Gasteiger partial charge in [0.05, 0.1) is 18.8 Å². The average molecular weight is 339 g/mol. The molecule has 2 aliphatic rings. The molecule has 0 aliphatic carbocycles. The van der Waals surface area contributed by atoms with Gasteiger partial charge in [-0.1, -0.05) is 18.2 Å². The number of nitrogens with one attached hydrogen (secondary N) is 2. The van der Waals surface area contributed by atoms with Gasteiger partial charge < -0.3 is 20.1 Å². The van der Waals surface area contributed by atoms with Gasteiger partial charge in [-0.2, -0.15) is 0 Å². The summed E-state index contributed by atoms with van der Waals surface area (Å²) in [7, 11) is 0. The van der Waals surface area contributed by atoms with E-state index in [0.717, 1.165) is 24.2 Å². The predicted octanol–water partition coefficient (Wildman–Crippen LogP) is 2.53. The lowest BCUT2D eigenvalue weighted by Crippen LogP contribution is -2.33. The van der Waals surface area contributed by atoms with Crippen molar-refractivity contribution in [2.24, 2.45) is 0 Å². The maximum absolute atomic E-state index is 12.4. The first-order valence-corrected chi connectivity index (χ1v) is 8.63. The summed E-state index contributed by atoms with van der Waals surface area (Å²) in [5, 5.41) is 6.34. The van der Waals surface area contributed by atoms with E-state index in [9.17, 15) is 4.79 Å². The van der Waals surface area contributed by atoms with Gasteiger partial charge in [-0.05, 0) is 37.1 Å². The summed E-state index contributed by atoms with van der Waals surface area (Å²) in [6, 6.07) is 13.4. The largest absolute Gasteiger partial charge is 0.478 e. The van der Waals surface area contributed by atoms with Gasteiger partial charge in [-0.25, -0.2) is 4.98 Å². The lowest BCUT2D eigenvalue weighted by atomic mass is 10.0. The van der Waals surface area contributed by atoms with E-state index < -0.39 is 0 Å². The number of benzene rings is 1. The molecule has 2 saturated heterocycles. The Labute approximate surface area is 146 Å². The molecule has 0 unspecified atom stereocenters. The summed E-state index contributed by atoms with van der Waals surface area (Å²) in [5.41, 5.74) is 2.19. The molecule has 2 aromatic rings. The maximum atomic E-state index is 12.4. The van der Waals surface area contributed by atoms with Gasteiger partial charge in [-0.15, -0.1) is 0 Å². The fourth-order valence-electron chi connectivity index (χ4n) is 3.40. The van der Waals surface area contributed by atoms with Crippen LogP contribution in [0.2, 0.25) is 0 Å². The molecule has 2 fully saturated rings. The van der Waals surface area contributed by atoms with Crippen molar-refractivity contribution in [1.29, 1.82) is 0 Å². The number of morpholine rings is 1. The number of pyridine rings is 1. The van der Waals surface area contributed by atoms with E-state index in [4.69, 9.17) is 9.47 Å². The van der Waals surface area contributed by atoms with Crippen LogP contribution in [0.1, 0.15) is 35.5 Å². The van der Waals surface area contributed by atoms with Crippen molar-refractivity contribution in [3.05, 3.63) is 53.7 Å². The smallest absolute Gasteiger partial charge is 0.274 e. The van der Waals surface area contributed by atoms with Crippen LogP contribution in [0.5, 0.6) is 5.88 Å². The molecule has 0 spiro atoms. The topological polar surface area (TPSA) is 72.5 Å². The normalized spacial score (nSPS) is 24.3. The number of aromatic nitrogens is 1. The van der Waals surface area contributed by atoms with Gasteiger partial charge in [0.25, 0.3) is 5.91 Å². The van der Waals surface area contributed by atoms with Crippen molar-refractivity contribution in [1.82, 2.24) is 10.3 Å². The number of ether oxygens (including phenoxy) is 2. The molecule has 1 amide bonds. The molecule has 1 aromatic carbocycles. The number of carbonyl (C=O) groups excluding carboxylic acids is 1. The first kappa shape index (κ1) is 16.1. The molecule has 25 heavy (non-hydrogen) atoms. The first-order chi connectivity index (χ1) is 12.2. The molecule has 0 radical (unpaired) electrons. The third-order valence-corrected chi connectivity index (χ3v) is 4.57. The van der Waals surface area contributed by atoms with Gasteiger partial charge in [0.2, 0.25) is 5.88 Å². The summed E-state index contributed by atoms with van der Waals surface area (Å²) < 4.78 is 11.3. The van der Waals surface area contributed by atoms with E-state index in [1.54, 1.807) is 18.2 Å². The van der Waals surface area contributed by atoms with Crippen LogP contribution in [0.15, 0.2) is 42.5 Å². The lowest BCUT2D eigenvalue weighted by molar-refractivity contribution is 0.0160. The number of carbonyl (C=O) groups is 1.